The number of carbonyl (C=O) groups excluding carboxylic acids is 1. The Bertz CT molecular complexity index is 439. The quantitative estimate of drug-likeness (QED) is 0.794. The van der Waals surface area contributed by atoms with E-state index in [0.29, 0.717) is 5.15 Å². The number of methoxy groups -OCH3 is 1. The number of amides is 1. The summed E-state index contributed by atoms with van der Waals surface area (Å²) in [6.45, 7) is 3.51. The molecule has 1 aromatic heterocycles. The maximum absolute atomic E-state index is 11.7. The van der Waals surface area contributed by atoms with Gasteiger partial charge in [-0.25, -0.2) is 9.97 Å². The first-order valence-electron chi connectivity index (χ1n) is 6.38. The van der Waals surface area contributed by atoms with E-state index in [2.05, 4.69) is 9.97 Å². The van der Waals surface area contributed by atoms with Crippen LogP contribution in [0.15, 0.2) is 6.07 Å². The molecule has 0 saturated carbocycles. The molecule has 6 heteroatoms. The van der Waals surface area contributed by atoms with E-state index < -0.39 is 0 Å². The van der Waals surface area contributed by atoms with Crippen LogP contribution >= 0.6 is 11.6 Å². The van der Waals surface area contributed by atoms with Crippen molar-refractivity contribution < 1.29 is 9.53 Å². The van der Waals surface area contributed by atoms with Gasteiger partial charge in [0.05, 0.1) is 0 Å². The van der Waals surface area contributed by atoms with Crippen LogP contribution in [0, 0.1) is 6.92 Å². The summed E-state index contributed by atoms with van der Waals surface area (Å²) in [5.41, 5.74) is 0.882. The zero-order chi connectivity index (χ0) is 13.8. The highest BCUT2D eigenvalue weighted by atomic mass is 35.5. The summed E-state index contributed by atoms with van der Waals surface area (Å²) < 4.78 is 4.87. The molecule has 0 atom stereocenters. The third-order valence-electron chi connectivity index (χ3n) is 3.32. The minimum absolute atomic E-state index is 0.0455. The topological polar surface area (TPSA) is 55.3 Å². The highest BCUT2D eigenvalue weighted by molar-refractivity contribution is 6.29. The molecular weight excluding hydrogens is 266 g/mol. The molecule has 0 aromatic carbocycles. The Balaban J connectivity index is 1.97. The van der Waals surface area contributed by atoms with Gasteiger partial charge in [0.2, 0.25) is 5.91 Å². The summed E-state index contributed by atoms with van der Waals surface area (Å²) in [6, 6.07) is 1.75. The number of nitrogens with zero attached hydrogens (tertiary/aromatic N) is 3. The number of aromatic nitrogens is 2. The predicted molar refractivity (Wildman–Crippen MR) is 72.2 cm³/mol. The van der Waals surface area contributed by atoms with E-state index in [1.54, 1.807) is 6.07 Å². The van der Waals surface area contributed by atoms with Gasteiger partial charge in [0.25, 0.3) is 0 Å². The number of likely N-dealkylation sites (tertiary alicyclic amines) is 1. The summed E-state index contributed by atoms with van der Waals surface area (Å²) in [4.78, 5) is 22.3. The summed E-state index contributed by atoms with van der Waals surface area (Å²) in [7, 11) is 1.53. The molecule has 0 bridgehead atoms. The number of ether oxygens (including phenoxy) is 1. The van der Waals surface area contributed by atoms with Crippen LogP contribution in [0.25, 0.3) is 0 Å². The van der Waals surface area contributed by atoms with Crippen LogP contribution in [0.1, 0.15) is 30.3 Å². The number of halogens is 1. The van der Waals surface area contributed by atoms with Crippen molar-refractivity contribution in [3.8, 4) is 0 Å². The Morgan fingerprint density at radius 2 is 2.16 bits per heavy atom. The molecule has 1 fully saturated rings. The van der Waals surface area contributed by atoms with Crippen LogP contribution in [0.3, 0.4) is 0 Å². The molecule has 2 heterocycles. The van der Waals surface area contributed by atoms with Gasteiger partial charge in [-0.1, -0.05) is 11.6 Å². The van der Waals surface area contributed by atoms with E-state index in [9.17, 15) is 4.79 Å². The number of rotatable bonds is 3. The molecule has 1 aromatic rings. The van der Waals surface area contributed by atoms with Gasteiger partial charge in [0.1, 0.15) is 17.6 Å². The molecule has 5 nitrogen and oxygen atoms in total. The lowest BCUT2D eigenvalue weighted by atomic mass is 9.96. The normalized spacial score (nSPS) is 16.7. The van der Waals surface area contributed by atoms with E-state index >= 15 is 0 Å². The van der Waals surface area contributed by atoms with E-state index in [1.807, 2.05) is 11.8 Å². The lowest BCUT2D eigenvalue weighted by Gasteiger charge is -2.31. The Morgan fingerprint density at radius 3 is 2.74 bits per heavy atom. The number of piperidine rings is 1. The van der Waals surface area contributed by atoms with Gasteiger partial charge in [0.15, 0.2) is 0 Å². The van der Waals surface area contributed by atoms with Crippen molar-refractivity contribution in [3.63, 3.8) is 0 Å². The lowest BCUT2D eigenvalue weighted by molar-refractivity contribution is -0.136. The van der Waals surface area contributed by atoms with Crippen LogP contribution in [0.4, 0.5) is 0 Å². The number of carbonyl (C=O) groups is 1. The summed E-state index contributed by atoms with van der Waals surface area (Å²) in [5, 5.41) is 0.486. The summed E-state index contributed by atoms with van der Waals surface area (Å²) >= 11 is 5.96. The van der Waals surface area contributed by atoms with Crippen molar-refractivity contribution in [1.82, 2.24) is 14.9 Å². The van der Waals surface area contributed by atoms with Crippen molar-refractivity contribution in [2.45, 2.75) is 25.7 Å². The van der Waals surface area contributed by atoms with Gasteiger partial charge in [0, 0.05) is 31.8 Å². The number of aryl methyl sites for hydroxylation is 1. The molecule has 1 aliphatic heterocycles. The average Bonchev–Trinajstić information content (AvgIpc) is 2.38. The molecule has 0 unspecified atom stereocenters. The summed E-state index contributed by atoms with van der Waals surface area (Å²) in [5.74, 6) is 1.12. The third kappa shape index (κ3) is 3.64. The molecule has 1 saturated heterocycles. The molecule has 0 N–H and O–H groups in total. The van der Waals surface area contributed by atoms with Crippen molar-refractivity contribution in [2.24, 2.45) is 0 Å². The van der Waals surface area contributed by atoms with Crippen LogP contribution < -0.4 is 0 Å². The minimum atomic E-state index is 0.0455. The van der Waals surface area contributed by atoms with E-state index in [0.717, 1.165) is 37.4 Å². The zero-order valence-electron chi connectivity index (χ0n) is 11.2. The number of hydrogen-bond donors (Lipinski definition) is 0. The van der Waals surface area contributed by atoms with Crippen molar-refractivity contribution in [2.75, 3.05) is 26.8 Å². The van der Waals surface area contributed by atoms with Gasteiger partial charge in [-0.15, -0.1) is 0 Å². The molecule has 19 heavy (non-hydrogen) atoms. The second-order valence-corrected chi connectivity index (χ2v) is 5.17. The van der Waals surface area contributed by atoms with Gasteiger partial charge in [-0.2, -0.15) is 0 Å². The Morgan fingerprint density at radius 1 is 1.47 bits per heavy atom. The minimum Gasteiger partial charge on any atom is -0.375 e. The molecule has 0 radical (unpaired) electrons. The maximum atomic E-state index is 11.7. The zero-order valence-corrected chi connectivity index (χ0v) is 12.0. The highest BCUT2D eigenvalue weighted by Gasteiger charge is 2.25. The standard InChI is InChI=1S/C13H18ClN3O2/c1-9-7-11(14)16-13(15-9)10-3-5-17(6-4-10)12(18)8-19-2/h7,10H,3-6,8H2,1-2H3. The molecule has 0 spiro atoms. The second kappa shape index (κ2) is 6.30. The fourth-order valence-corrected chi connectivity index (χ4v) is 2.58. The Labute approximate surface area is 117 Å². The average molecular weight is 284 g/mol. The fourth-order valence-electron chi connectivity index (χ4n) is 2.34. The summed E-state index contributed by atoms with van der Waals surface area (Å²) in [6.07, 6.45) is 1.74. The second-order valence-electron chi connectivity index (χ2n) is 4.78. The number of hydrogen-bond acceptors (Lipinski definition) is 4. The van der Waals surface area contributed by atoms with Gasteiger partial charge >= 0.3 is 0 Å². The van der Waals surface area contributed by atoms with Crippen LogP contribution in [-0.4, -0.2) is 47.6 Å². The highest BCUT2D eigenvalue weighted by Crippen LogP contribution is 2.26. The first kappa shape index (κ1) is 14.2. The van der Waals surface area contributed by atoms with Crippen molar-refractivity contribution in [3.05, 3.63) is 22.7 Å². The molecule has 1 amide bonds. The van der Waals surface area contributed by atoms with Crippen LogP contribution in [-0.2, 0) is 9.53 Å². The SMILES string of the molecule is COCC(=O)N1CCC(c2nc(C)cc(Cl)n2)CC1. The van der Waals surface area contributed by atoms with E-state index in [1.165, 1.54) is 7.11 Å². The monoisotopic (exact) mass is 283 g/mol. The van der Waals surface area contributed by atoms with Gasteiger partial charge in [-0.05, 0) is 25.8 Å². The van der Waals surface area contributed by atoms with Gasteiger partial charge < -0.3 is 9.64 Å². The third-order valence-corrected chi connectivity index (χ3v) is 3.51. The first-order chi connectivity index (χ1) is 9.10. The van der Waals surface area contributed by atoms with Crippen LogP contribution in [0.5, 0.6) is 0 Å². The fraction of sp³-hybridized carbons (Fsp3) is 0.615. The Hall–Kier alpha value is -1.20. The van der Waals surface area contributed by atoms with Crippen LogP contribution in [0.2, 0.25) is 5.15 Å². The molecule has 2 rings (SSSR count). The smallest absolute Gasteiger partial charge is 0.248 e. The van der Waals surface area contributed by atoms with E-state index in [-0.39, 0.29) is 18.4 Å². The van der Waals surface area contributed by atoms with Gasteiger partial charge in [-0.3, -0.25) is 4.79 Å². The van der Waals surface area contributed by atoms with E-state index in [4.69, 9.17) is 16.3 Å². The molecule has 0 aliphatic carbocycles. The first-order valence-corrected chi connectivity index (χ1v) is 6.75. The van der Waals surface area contributed by atoms with Crippen molar-refractivity contribution >= 4 is 17.5 Å². The lowest BCUT2D eigenvalue weighted by Crippen LogP contribution is -2.40. The predicted octanol–water partition coefficient (Wildman–Crippen LogP) is 1.79. The maximum Gasteiger partial charge on any atom is 0.248 e. The largest absolute Gasteiger partial charge is 0.375 e. The molecule has 104 valence electrons. The van der Waals surface area contributed by atoms with Crippen molar-refractivity contribution in [1.29, 1.82) is 0 Å². The molecular formula is C13H18ClN3O2. The Kier molecular flexibility index (Phi) is 4.71. The molecule has 1 aliphatic rings.